The Kier molecular flexibility index (Phi) is 8.02. The third-order valence-electron chi connectivity index (χ3n) is 11.6. The topological polar surface area (TPSA) is 24.7 Å². The zero-order valence-corrected chi connectivity index (χ0v) is 25.6. The molecule has 2 heteroatoms. The fourth-order valence-corrected chi connectivity index (χ4v) is 8.87. The predicted molar refractivity (Wildman–Crippen MR) is 175 cm³/mol. The van der Waals surface area contributed by atoms with E-state index in [2.05, 4.69) is 56.5 Å². The van der Waals surface area contributed by atoms with Crippen LogP contribution in [0.15, 0.2) is 63.8 Å². The van der Waals surface area contributed by atoms with E-state index in [-0.39, 0.29) is 6.04 Å². The van der Waals surface area contributed by atoms with Crippen LogP contribution in [0.25, 0.3) is 11.1 Å². The van der Waals surface area contributed by atoms with E-state index in [0.717, 1.165) is 30.1 Å². The smallest absolute Gasteiger partial charge is 0.100 e. The molecule has 0 aromatic heterocycles. The number of allylic oxidation sites excluding steroid dienone is 4. The Bertz CT molecular complexity index is 1320. The zero-order chi connectivity index (χ0) is 27.8. The van der Waals surface area contributed by atoms with Gasteiger partial charge in [-0.05, 0) is 114 Å². The molecule has 3 fully saturated rings. The number of dihydropyridines is 1. The predicted octanol–water partition coefficient (Wildman–Crippen LogP) is 10.4. The molecule has 2 aliphatic heterocycles. The monoisotopic (exact) mass is 546 g/mol. The van der Waals surface area contributed by atoms with E-state index in [9.17, 15) is 0 Å². The first-order valence-electron chi connectivity index (χ1n) is 17.1. The minimum absolute atomic E-state index is 0.169. The van der Waals surface area contributed by atoms with Crippen LogP contribution in [-0.4, -0.2) is 18.0 Å². The molecule has 2 nitrogen and oxygen atoms in total. The largest absolute Gasteiger partial charge is 0.280 e. The maximum absolute atomic E-state index is 5.10. The van der Waals surface area contributed by atoms with E-state index in [4.69, 9.17) is 9.98 Å². The Labute approximate surface area is 248 Å². The number of rotatable bonds is 8. The molecule has 0 amide bonds. The van der Waals surface area contributed by atoms with Crippen LogP contribution in [0.1, 0.15) is 120 Å². The molecule has 0 N–H and O–H groups in total. The molecule has 41 heavy (non-hydrogen) atoms. The van der Waals surface area contributed by atoms with Gasteiger partial charge in [-0.25, -0.2) is 0 Å². The summed E-state index contributed by atoms with van der Waals surface area (Å²) in [5.74, 6) is 4.44. The summed E-state index contributed by atoms with van der Waals surface area (Å²) in [5.41, 5.74) is 11.2. The van der Waals surface area contributed by atoms with Crippen LogP contribution < -0.4 is 0 Å². The second kappa shape index (κ2) is 12.0. The molecular weight excluding hydrogens is 496 g/mol. The molecule has 0 spiro atoms. The highest BCUT2D eigenvalue weighted by Gasteiger charge is 2.31. The molecule has 7 rings (SSSR count). The van der Waals surface area contributed by atoms with Crippen LogP contribution >= 0.6 is 0 Å². The first-order chi connectivity index (χ1) is 20.1. The van der Waals surface area contributed by atoms with Gasteiger partial charge in [0, 0.05) is 24.5 Å². The van der Waals surface area contributed by atoms with Crippen molar-refractivity contribution < 1.29 is 0 Å². The highest BCUT2D eigenvalue weighted by atomic mass is 14.8. The third kappa shape index (κ3) is 5.91. The average Bonchev–Trinajstić information content (AvgIpc) is 3.63. The highest BCUT2D eigenvalue weighted by molar-refractivity contribution is 6.00. The molecule has 2 atom stereocenters. The van der Waals surface area contributed by atoms with Gasteiger partial charge >= 0.3 is 0 Å². The van der Waals surface area contributed by atoms with Gasteiger partial charge in [-0.1, -0.05) is 94.7 Å². The Morgan fingerprint density at radius 2 is 1.71 bits per heavy atom. The van der Waals surface area contributed by atoms with E-state index in [1.807, 2.05) is 6.21 Å². The number of aliphatic imine (C=N–C) groups is 2. The lowest BCUT2D eigenvalue weighted by atomic mass is 9.72. The number of benzene rings is 1. The van der Waals surface area contributed by atoms with Crippen molar-refractivity contribution in [3.05, 3.63) is 70.5 Å². The molecule has 0 radical (unpaired) electrons. The van der Waals surface area contributed by atoms with Crippen LogP contribution in [0, 0.1) is 29.6 Å². The van der Waals surface area contributed by atoms with Crippen LogP contribution in [0.3, 0.4) is 0 Å². The van der Waals surface area contributed by atoms with Crippen molar-refractivity contribution in [2.75, 3.05) is 0 Å². The fraction of sp³-hybridized carbons (Fsp3) is 0.590. The molecule has 2 unspecified atom stereocenters. The lowest BCUT2D eigenvalue weighted by Crippen LogP contribution is -2.24. The molecule has 1 aromatic rings. The quantitative estimate of drug-likeness (QED) is 0.310. The van der Waals surface area contributed by atoms with E-state index >= 15 is 0 Å². The van der Waals surface area contributed by atoms with E-state index in [1.54, 1.807) is 0 Å². The molecule has 1 aromatic carbocycles. The van der Waals surface area contributed by atoms with E-state index in [0.29, 0.717) is 5.92 Å². The third-order valence-corrected chi connectivity index (χ3v) is 11.6. The van der Waals surface area contributed by atoms with Crippen molar-refractivity contribution in [2.24, 2.45) is 39.6 Å². The average molecular weight is 547 g/mol. The van der Waals surface area contributed by atoms with Gasteiger partial charge in [-0.3, -0.25) is 9.98 Å². The van der Waals surface area contributed by atoms with Crippen LogP contribution in [0.5, 0.6) is 0 Å². The Morgan fingerprint density at radius 1 is 0.878 bits per heavy atom. The molecule has 3 saturated carbocycles. The Hall–Kier alpha value is -2.48. The van der Waals surface area contributed by atoms with Crippen LogP contribution in [-0.2, 0) is 6.42 Å². The first kappa shape index (κ1) is 27.4. The maximum atomic E-state index is 5.10. The minimum atomic E-state index is 0.169. The molecule has 6 aliphatic rings. The van der Waals surface area contributed by atoms with Gasteiger partial charge in [0.2, 0.25) is 0 Å². The summed E-state index contributed by atoms with van der Waals surface area (Å²) >= 11 is 0. The fourth-order valence-electron chi connectivity index (χ4n) is 8.87. The minimum Gasteiger partial charge on any atom is -0.280 e. The van der Waals surface area contributed by atoms with Gasteiger partial charge in [0.05, 0.1) is 0 Å². The van der Waals surface area contributed by atoms with Gasteiger partial charge in [-0.15, -0.1) is 0 Å². The van der Waals surface area contributed by atoms with Crippen molar-refractivity contribution in [3.63, 3.8) is 0 Å². The number of fused-ring (bicyclic) bond motifs is 1. The molecular formula is C39H50N2. The highest BCUT2D eigenvalue weighted by Crippen LogP contribution is 2.42. The summed E-state index contributed by atoms with van der Waals surface area (Å²) in [4.78, 5) is 10.00. The first-order valence-corrected chi connectivity index (χ1v) is 17.1. The van der Waals surface area contributed by atoms with Crippen molar-refractivity contribution in [1.29, 1.82) is 0 Å². The number of hydrogen-bond donors (Lipinski definition) is 0. The van der Waals surface area contributed by atoms with Crippen molar-refractivity contribution in [3.8, 4) is 0 Å². The second-order valence-electron chi connectivity index (χ2n) is 14.5. The zero-order valence-electron chi connectivity index (χ0n) is 25.6. The number of nitrogens with zero attached hydrogens (tertiary/aromatic N) is 2. The van der Waals surface area contributed by atoms with Gasteiger partial charge < -0.3 is 0 Å². The maximum Gasteiger partial charge on any atom is 0.100 e. The molecule has 0 saturated heterocycles. The van der Waals surface area contributed by atoms with Gasteiger partial charge in [0.15, 0.2) is 0 Å². The lowest BCUT2D eigenvalue weighted by Gasteiger charge is -2.34. The normalized spacial score (nSPS) is 29.2. The summed E-state index contributed by atoms with van der Waals surface area (Å²) in [6, 6.07) is 7.46. The van der Waals surface area contributed by atoms with E-state index in [1.165, 1.54) is 135 Å². The summed E-state index contributed by atoms with van der Waals surface area (Å²) < 4.78 is 0. The molecule has 4 aliphatic carbocycles. The van der Waals surface area contributed by atoms with Crippen LogP contribution in [0.2, 0.25) is 0 Å². The Morgan fingerprint density at radius 3 is 2.49 bits per heavy atom. The summed E-state index contributed by atoms with van der Waals surface area (Å²) in [6.45, 7) is 4.70. The van der Waals surface area contributed by atoms with Crippen LogP contribution in [0.4, 0.5) is 0 Å². The summed E-state index contributed by atoms with van der Waals surface area (Å²) in [5, 5.41) is 0. The second-order valence-corrected chi connectivity index (χ2v) is 14.5. The summed E-state index contributed by atoms with van der Waals surface area (Å²) in [7, 11) is 0. The summed E-state index contributed by atoms with van der Waals surface area (Å²) in [6.07, 6.45) is 32.0. The molecule has 0 bridgehead atoms. The lowest BCUT2D eigenvalue weighted by molar-refractivity contribution is 0.196. The van der Waals surface area contributed by atoms with Gasteiger partial charge in [-0.2, -0.15) is 0 Å². The van der Waals surface area contributed by atoms with Gasteiger partial charge in [0.25, 0.3) is 0 Å². The van der Waals surface area contributed by atoms with Crippen molar-refractivity contribution in [1.82, 2.24) is 0 Å². The van der Waals surface area contributed by atoms with Gasteiger partial charge in [0.1, 0.15) is 6.04 Å². The molecule has 216 valence electrons. The molecule has 2 heterocycles. The van der Waals surface area contributed by atoms with Crippen molar-refractivity contribution in [2.45, 2.75) is 116 Å². The standard InChI is InChI=1S/C39H50N2/c1-26-19-33-16-18-37(39(33)41-24-26)32-15-17-36(34(22-32)21-28-7-6-8-28)35-23-38(40-25-35)31-13-11-29(12-14-31)20-27(2)30-9-4-3-5-10-30/h15-19,22,24-25,27-31,39H,3-14,20-21,23H2,1-2H3. The Balaban J connectivity index is 0.993. The number of hydrogen-bond acceptors (Lipinski definition) is 2. The van der Waals surface area contributed by atoms with E-state index < -0.39 is 0 Å². The van der Waals surface area contributed by atoms with Crippen molar-refractivity contribution >= 4 is 23.1 Å². The SMILES string of the molecule is CC1=CC2=CC=C(c3ccc(C4=CN=C(C5CCC(CC(C)C6CCCCC6)CC5)C4)c(CC4CCC4)c3)C2N=C1.